The molecule has 4 atom stereocenters. The Labute approximate surface area is 135 Å². The third kappa shape index (κ3) is 1.71. The van der Waals surface area contributed by atoms with Gasteiger partial charge in [-0.3, -0.25) is 0 Å². The van der Waals surface area contributed by atoms with E-state index in [1.807, 2.05) is 12.1 Å². The Morgan fingerprint density at radius 2 is 1.77 bits per heavy atom. The Hall–Kier alpha value is -0.980. The predicted octanol–water partition coefficient (Wildman–Crippen LogP) is 5.45. The van der Waals surface area contributed by atoms with Gasteiger partial charge in [-0.1, -0.05) is 40.2 Å². The van der Waals surface area contributed by atoms with Crippen molar-refractivity contribution < 1.29 is 5.11 Å². The third-order valence-electron chi connectivity index (χ3n) is 7.92. The molecule has 0 aliphatic heterocycles. The zero-order chi connectivity index (χ0) is 15.8. The molecule has 1 heteroatoms. The van der Waals surface area contributed by atoms with E-state index in [1.54, 1.807) is 0 Å². The molecular weight excluding hydrogens is 268 g/mol. The summed E-state index contributed by atoms with van der Waals surface area (Å²) in [7, 11) is 0. The molecule has 1 aromatic rings. The molecule has 0 unspecified atom stereocenters. The van der Waals surface area contributed by atoms with E-state index in [1.165, 1.54) is 49.7 Å². The summed E-state index contributed by atoms with van der Waals surface area (Å²) < 4.78 is 0. The van der Waals surface area contributed by atoms with Crippen LogP contribution >= 0.6 is 0 Å². The van der Waals surface area contributed by atoms with Gasteiger partial charge in [0.2, 0.25) is 0 Å². The molecular formula is C21H30O. The Morgan fingerprint density at radius 1 is 1.00 bits per heavy atom. The largest absolute Gasteiger partial charge is 0.508 e. The average Bonchev–Trinajstić information content (AvgIpc) is 2.71. The van der Waals surface area contributed by atoms with Crippen LogP contribution in [0.2, 0.25) is 0 Å². The van der Waals surface area contributed by atoms with Gasteiger partial charge in [0.1, 0.15) is 5.75 Å². The third-order valence-corrected chi connectivity index (χ3v) is 7.92. The molecule has 0 aromatic heterocycles. The van der Waals surface area contributed by atoms with E-state index >= 15 is 0 Å². The van der Waals surface area contributed by atoms with Gasteiger partial charge >= 0.3 is 0 Å². The van der Waals surface area contributed by atoms with Gasteiger partial charge in [-0.05, 0) is 83.4 Å². The summed E-state index contributed by atoms with van der Waals surface area (Å²) in [4.78, 5) is 0. The molecule has 0 heterocycles. The van der Waals surface area contributed by atoms with E-state index in [0.717, 1.165) is 11.8 Å². The number of phenols is 1. The maximum absolute atomic E-state index is 9.89. The predicted molar refractivity (Wildman–Crippen MR) is 91.1 cm³/mol. The Bertz CT molecular complexity index is 616. The first-order valence-corrected chi connectivity index (χ1v) is 9.10. The zero-order valence-corrected chi connectivity index (χ0v) is 14.6. The second kappa shape index (κ2) is 4.30. The number of phenolic OH excluding ortho intramolecular Hbond substituents is 1. The number of fused-ring (bicyclic) bond motifs is 5. The topological polar surface area (TPSA) is 20.2 Å². The highest BCUT2D eigenvalue weighted by atomic mass is 16.3. The minimum absolute atomic E-state index is 0.321. The molecule has 2 saturated carbocycles. The summed E-state index contributed by atoms with van der Waals surface area (Å²) in [6.07, 6.45) is 8.03. The van der Waals surface area contributed by atoms with Crippen LogP contribution in [0.25, 0.3) is 0 Å². The molecule has 22 heavy (non-hydrogen) atoms. The minimum atomic E-state index is 0.321. The minimum Gasteiger partial charge on any atom is -0.508 e. The van der Waals surface area contributed by atoms with Crippen LogP contribution in [-0.2, 0) is 11.8 Å². The number of hydrogen-bond acceptors (Lipinski definition) is 1. The van der Waals surface area contributed by atoms with Gasteiger partial charge in [-0.15, -0.1) is 0 Å². The van der Waals surface area contributed by atoms with Crippen molar-refractivity contribution in [3.05, 3.63) is 29.3 Å². The maximum Gasteiger partial charge on any atom is 0.115 e. The fraction of sp³-hybridized carbons (Fsp3) is 0.714. The number of rotatable bonds is 0. The summed E-state index contributed by atoms with van der Waals surface area (Å²) in [5.41, 5.74) is 4.21. The van der Waals surface area contributed by atoms with Crippen LogP contribution in [-0.4, -0.2) is 5.11 Å². The molecule has 0 radical (unpaired) electrons. The molecule has 0 spiro atoms. The van der Waals surface area contributed by atoms with Gasteiger partial charge in [-0.25, -0.2) is 0 Å². The van der Waals surface area contributed by atoms with Crippen LogP contribution in [0.15, 0.2) is 18.2 Å². The second-order valence-electron chi connectivity index (χ2n) is 9.45. The highest BCUT2D eigenvalue weighted by Crippen LogP contribution is 2.67. The fourth-order valence-corrected chi connectivity index (χ4v) is 6.96. The molecule has 3 aliphatic rings. The second-order valence-corrected chi connectivity index (χ2v) is 9.45. The first kappa shape index (κ1) is 14.6. The lowest BCUT2D eigenvalue weighted by Crippen LogP contribution is -2.55. The average molecular weight is 298 g/mol. The molecule has 1 aromatic carbocycles. The summed E-state index contributed by atoms with van der Waals surface area (Å²) in [5, 5.41) is 9.89. The van der Waals surface area contributed by atoms with Crippen molar-refractivity contribution in [3.8, 4) is 5.75 Å². The molecule has 3 aliphatic carbocycles. The summed E-state index contributed by atoms with van der Waals surface area (Å²) >= 11 is 0. The molecule has 0 saturated heterocycles. The highest BCUT2D eigenvalue weighted by Gasteiger charge is 2.60. The van der Waals surface area contributed by atoms with Crippen molar-refractivity contribution >= 4 is 0 Å². The zero-order valence-electron chi connectivity index (χ0n) is 14.6. The summed E-state index contributed by atoms with van der Waals surface area (Å²) in [5.74, 6) is 2.04. The number of hydrogen-bond donors (Lipinski definition) is 1. The van der Waals surface area contributed by atoms with E-state index in [0.29, 0.717) is 22.0 Å². The van der Waals surface area contributed by atoms with Crippen LogP contribution in [0.4, 0.5) is 0 Å². The molecule has 1 N–H and O–H groups in total. The Morgan fingerprint density at radius 3 is 2.55 bits per heavy atom. The molecule has 1 nitrogen and oxygen atoms in total. The normalized spacial score (nSPS) is 42.4. The van der Waals surface area contributed by atoms with E-state index in [2.05, 4.69) is 33.8 Å². The summed E-state index contributed by atoms with van der Waals surface area (Å²) in [6.45, 7) is 10.1. The van der Waals surface area contributed by atoms with E-state index in [-0.39, 0.29) is 0 Å². The van der Waals surface area contributed by atoms with E-state index in [9.17, 15) is 5.11 Å². The van der Waals surface area contributed by atoms with Crippen molar-refractivity contribution in [2.45, 2.75) is 71.6 Å². The smallest absolute Gasteiger partial charge is 0.115 e. The summed E-state index contributed by atoms with van der Waals surface area (Å²) in [6, 6.07) is 6.14. The van der Waals surface area contributed by atoms with Crippen LogP contribution in [0.5, 0.6) is 5.75 Å². The SMILES string of the molecule is CC1(C)CCC[C@]2(C)[C@H]3Cc4cc(O)ccc4[C@@]3(C)CC[C@@H]12. The Balaban J connectivity index is 1.81. The standard InChI is InChI=1S/C21H30O/c1-19(2)9-5-10-21(4)17(19)8-11-20(3)16-7-6-15(22)12-14(16)13-18(20)21/h6-7,12,17-18,22H,5,8-11,13H2,1-4H3/t17-,18-,20+,21-/m0/s1. The van der Waals surface area contributed by atoms with Crippen molar-refractivity contribution in [3.63, 3.8) is 0 Å². The maximum atomic E-state index is 9.89. The van der Waals surface area contributed by atoms with Crippen LogP contribution in [0, 0.1) is 22.7 Å². The molecule has 4 rings (SSSR count). The molecule has 120 valence electrons. The molecule has 0 bridgehead atoms. The number of benzene rings is 1. The van der Waals surface area contributed by atoms with Crippen molar-refractivity contribution in [2.24, 2.45) is 22.7 Å². The monoisotopic (exact) mass is 298 g/mol. The lowest BCUT2D eigenvalue weighted by Gasteiger charge is -2.61. The van der Waals surface area contributed by atoms with E-state index < -0.39 is 0 Å². The van der Waals surface area contributed by atoms with Gasteiger partial charge in [0.25, 0.3) is 0 Å². The quantitative estimate of drug-likeness (QED) is 0.675. The molecule has 0 amide bonds. The van der Waals surface area contributed by atoms with E-state index in [4.69, 9.17) is 0 Å². The van der Waals surface area contributed by atoms with Gasteiger partial charge in [-0.2, -0.15) is 0 Å². The van der Waals surface area contributed by atoms with Crippen LogP contribution < -0.4 is 0 Å². The van der Waals surface area contributed by atoms with Crippen molar-refractivity contribution in [1.29, 1.82) is 0 Å². The first-order chi connectivity index (χ1) is 10.3. The highest BCUT2D eigenvalue weighted by molar-refractivity contribution is 5.46. The fourth-order valence-electron chi connectivity index (χ4n) is 6.96. The van der Waals surface area contributed by atoms with Gasteiger partial charge in [0, 0.05) is 0 Å². The van der Waals surface area contributed by atoms with Gasteiger partial charge in [0.05, 0.1) is 0 Å². The van der Waals surface area contributed by atoms with Crippen LogP contribution in [0.3, 0.4) is 0 Å². The van der Waals surface area contributed by atoms with Crippen molar-refractivity contribution in [1.82, 2.24) is 0 Å². The van der Waals surface area contributed by atoms with Gasteiger partial charge in [0.15, 0.2) is 0 Å². The molecule has 2 fully saturated rings. The Kier molecular flexibility index (Phi) is 2.86. The van der Waals surface area contributed by atoms with Crippen molar-refractivity contribution in [2.75, 3.05) is 0 Å². The lowest BCUT2D eigenvalue weighted by atomic mass is 9.43. The first-order valence-electron chi connectivity index (χ1n) is 9.10. The van der Waals surface area contributed by atoms with Gasteiger partial charge < -0.3 is 5.11 Å². The lowest BCUT2D eigenvalue weighted by molar-refractivity contribution is -0.0982. The number of aromatic hydroxyl groups is 1. The van der Waals surface area contributed by atoms with Crippen LogP contribution in [0.1, 0.15) is 70.9 Å².